The van der Waals surface area contributed by atoms with E-state index in [9.17, 15) is 15.0 Å². The van der Waals surface area contributed by atoms with Gasteiger partial charge in [0.2, 0.25) is 0 Å². The molecule has 0 bridgehead atoms. The molecule has 0 aromatic heterocycles. The lowest BCUT2D eigenvalue weighted by atomic mass is 9.35. The number of aliphatic hydroxyl groups excluding tert-OH is 1. The van der Waals surface area contributed by atoms with E-state index in [1.807, 2.05) is 0 Å². The summed E-state index contributed by atoms with van der Waals surface area (Å²) in [5.41, 5.74) is 3.51. The minimum absolute atomic E-state index is 0.0442. The summed E-state index contributed by atoms with van der Waals surface area (Å²) in [4.78, 5) is 12.6. The Hall–Kier alpha value is -1.35. The second-order valence-electron chi connectivity index (χ2n) is 12.4. The summed E-state index contributed by atoms with van der Waals surface area (Å²) in [5.74, 6) is 0.481. The van der Waals surface area contributed by atoms with Crippen LogP contribution in [0.2, 0.25) is 0 Å². The average molecular weight is 425 g/mol. The predicted molar refractivity (Wildman–Crippen MR) is 123 cm³/mol. The van der Waals surface area contributed by atoms with Gasteiger partial charge in [-0.25, -0.2) is 0 Å². The van der Waals surface area contributed by atoms with Gasteiger partial charge in [0.1, 0.15) is 0 Å². The highest BCUT2D eigenvalue weighted by molar-refractivity contribution is 5.77. The minimum Gasteiger partial charge on any atom is -0.481 e. The molecular formula is C28H40O3. The normalized spacial score (nSPS) is 51.7. The number of carboxylic acid groups (broad SMARTS) is 1. The summed E-state index contributed by atoms with van der Waals surface area (Å²) in [6, 6.07) is 0. The molecule has 0 aliphatic heterocycles. The number of aliphatic carboxylic acids is 1. The summed E-state index contributed by atoms with van der Waals surface area (Å²) in [6.45, 7) is 16.1. The van der Waals surface area contributed by atoms with E-state index in [0.717, 1.165) is 69.8 Å². The third-order valence-electron chi connectivity index (χ3n) is 11.6. The monoisotopic (exact) mass is 424 g/mol. The Balaban J connectivity index is 1.59. The van der Waals surface area contributed by atoms with E-state index in [2.05, 4.69) is 40.0 Å². The van der Waals surface area contributed by atoms with E-state index < -0.39 is 11.4 Å². The lowest BCUT2D eigenvalue weighted by molar-refractivity contribution is -0.168. The van der Waals surface area contributed by atoms with Crippen molar-refractivity contribution < 1.29 is 15.0 Å². The molecule has 0 aromatic carbocycles. The van der Waals surface area contributed by atoms with Gasteiger partial charge in [-0.2, -0.15) is 0 Å². The van der Waals surface area contributed by atoms with Crippen LogP contribution < -0.4 is 0 Å². The Labute approximate surface area is 187 Å². The number of aliphatic hydroxyl groups is 1. The largest absolute Gasteiger partial charge is 0.481 e. The lowest BCUT2D eigenvalue weighted by Crippen LogP contribution is -2.62. The first-order valence-corrected chi connectivity index (χ1v) is 12.5. The Morgan fingerprint density at radius 1 is 1.03 bits per heavy atom. The van der Waals surface area contributed by atoms with Crippen molar-refractivity contribution in [1.82, 2.24) is 0 Å². The van der Waals surface area contributed by atoms with Gasteiger partial charge in [0.25, 0.3) is 0 Å². The molecule has 0 aromatic rings. The van der Waals surface area contributed by atoms with Crippen LogP contribution in [0, 0.1) is 39.4 Å². The topological polar surface area (TPSA) is 57.5 Å². The van der Waals surface area contributed by atoms with Crippen molar-refractivity contribution in [2.45, 2.75) is 91.1 Å². The van der Waals surface area contributed by atoms with Crippen LogP contribution >= 0.6 is 0 Å². The lowest BCUT2D eigenvalue weighted by Gasteiger charge is -2.69. The van der Waals surface area contributed by atoms with Gasteiger partial charge in [0, 0.05) is 5.92 Å². The molecule has 170 valence electrons. The Kier molecular flexibility index (Phi) is 4.57. The number of carbonyl (C=O) groups is 1. The number of hydrogen-bond donors (Lipinski definition) is 2. The zero-order valence-electron chi connectivity index (χ0n) is 19.7. The van der Waals surface area contributed by atoms with Gasteiger partial charge in [-0.05, 0) is 97.9 Å². The zero-order chi connectivity index (χ0) is 22.4. The van der Waals surface area contributed by atoms with Crippen molar-refractivity contribution in [3.63, 3.8) is 0 Å². The van der Waals surface area contributed by atoms with Crippen LogP contribution in [-0.4, -0.2) is 22.3 Å². The van der Waals surface area contributed by atoms with E-state index in [1.165, 1.54) is 11.1 Å². The maximum Gasteiger partial charge on any atom is 0.310 e. The SMILES string of the molecule is C=C1CCC2(C(=O)O)CCC3(C)C(=CCC4C5(C)CCC(O)C(=C)C5CCC43C)C2C1. The van der Waals surface area contributed by atoms with E-state index in [0.29, 0.717) is 11.8 Å². The molecule has 8 unspecified atom stereocenters. The maximum absolute atomic E-state index is 12.6. The van der Waals surface area contributed by atoms with Crippen LogP contribution in [0.4, 0.5) is 0 Å². The van der Waals surface area contributed by atoms with Crippen molar-refractivity contribution in [3.05, 3.63) is 36.0 Å². The molecule has 4 fully saturated rings. The van der Waals surface area contributed by atoms with Gasteiger partial charge in [-0.15, -0.1) is 0 Å². The van der Waals surface area contributed by atoms with Gasteiger partial charge in [0.15, 0.2) is 0 Å². The standard InChI is InChI=1S/C28H40O3/c1-17-8-13-28(24(30)31)15-14-26(4)20(21(28)16-17)6-7-23-25(3)11-10-22(29)18(2)19(25)9-12-27(23,26)5/h6,19,21-23,29H,1-2,7-16H2,3-5H3,(H,30,31). The van der Waals surface area contributed by atoms with Crippen LogP contribution in [0.3, 0.4) is 0 Å². The van der Waals surface area contributed by atoms with Gasteiger partial charge in [0.05, 0.1) is 11.5 Å². The minimum atomic E-state index is -0.597. The summed E-state index contributed by atoms with van der Waals surface area (Å²) in [5, 5.41) is 20.8. The van der Waals surface area contributed by atoms with Crippen molar-refractivity contribution in [2.75, 3.05) is 0 Å². The second-order valence-corrected chi connectivity index (χ2v) is 12.4. The van der Waals surface area contributed by atoms with Crippen molar-refractivity contribution in [1.29, 1.82) is 0 Å². The molecule has 3 nitrogen and oxygen atoms in total. The molecule has 4 saturated carbocycles. The van der Waals surface area contributed by atoms with Crippen LogP contribution in [0.1, 0.15) is 85.0 Å². The van der Waals surface area contributed by atoms with E-state index >= 15 is 0 Å². The molecule has 5 aliphatic carbocycles. The molecule has 5 aliphatic rings. The van der Waals surface area contributed by atoms with Gasteiger partial charge in [-0.1, -0.05) is 51.2 Å². The van der Waals surface area contributed by atoms with E-state index in [-0.39, 0.29) is 28.3 Å². The summed E-state index contributed by atoms with van der Waals surface area (Å²) < 4.78 is 0. The molecule has 0 spiro atoms. The van der Waals surface area contributed by atoms with Crippen molar-refractivity contribution in [2.24, 2.45) is 39.4 Å². The van der Waals surface area contributed by atoms with Gasteiger partial charge < -0.3 is 10.2 Å². The molecular weight excluding hydrogens is 384 g/mol. The highest BCUT2D eigenvalue weighted by atomic mass is 16.4. The number of allylic oxidation sites excluding steroid dienone is 3. The number of carboxylic acids is 1. The van der Waals surface area contributed by atoms with Crippen molar-refractivity contribution >= 4 is 5.97 Å². The molecule has 8 atom stereocenters. The van der Waals surface area contributed by atoms with E-state index in [4.69, 9.17) is 0 Å². The first kappa shape index (κ1) is 21.5. The quantitative estimate of drug-likeness (QED) is 0.486. The molecule has 2 N–H and O–H groups in total. The molecule has 5 rings (SSSR count). The second kappa shape index (κ2) is 6.59. The summed E-state index contributed by atoms with van der Waals surface area (Å²) >= 11 is 0. The fourth-order valence-corrected chi connectivity index (χ4v) is 9.39. The highest BCUT2D eigenvalue weighted by Crippen LogP contribution is 2.74. The molecule has 31 heavy (non-hydrogen) atoms. The molecule has 0 amide bonds. The fraction of sp³-hybridized carbons (Fsp3) is 0.750. The van der Waals surface area contributed by atoms with Gasteiger partial charge >= 0.3 is 5.97 Å². The summed E-state index contributed by atoms with van der Waals surface area (Å²) in [7, 11) is 0. The van der Waals surface area contributed by atoms with Crippen LogP contribution in [0.5, 0.6) is 0 Å². The molecule has 0 saturated heterocycles. The molecule has 0 heterocycles. The Morgan fingerprint density at radius 3 is 2.48 bits per heavy atom. The smallest absolute Gasteiger partial charge is 0.310 e. The average Bonchev–Trinajstić information content (AvgIpc) is 2.71. The van der Waals surface area contributed by atoms with Crippen LogP contribution in [-0.2, 0) is 4.79 Å². The van der Waals surface area contributed by atoms with Gasteiger partial charge in [-0.3, -0.25) is 4.79 Å². The highest BCUT2D eigenvalue weighted by Gasteiger charge is 2.67. The fourth-order valence-electron chi connectivity index (χ4n) is 9.39. The molecule has 0 radical (unpaired) electrons. The molecule has 3 heteroatoms. The Bertz CT molecular complexity index is 885. The summed E-state index contributed by atoms with van der Waals surface area (Å²) in [6.07, 6.45) is 11.5. The first-order valence-electron chi connectivity index (χ1n) is 12.5. The van der Waals surface area contributed by atoms with Crippen LogP contribution in [0.15, 0.2) is 36.0 Å². The predicted octanol–water partition coefficient (Wildman–Crippen LogP) is 6.29. The Morgan fingerprint density at radius 2 is 1.77 bits per heavy atom. The van der Waals surface area contributed by atoms with Crippen LogP contribution in [0.25, 0.3) is 0 Å². The zero-order valence-corrected chi connectivity index (χ0v) is 19.7. The maximum atomic E-state index is 12.6. The third-order valence-corrected chi connectivity index (χ3v) is 11.6. The number of rotatable bonds is 1. The van der Waals surface area contributed by atoms with Crippen molar-refractivity contribution in [3.8, 4) is 0 Å². The third kappa shape index (κ3) is 2.53. The van der Waals surface area contributed by atoms with E-state index in [1.54, 1.807) is 0 Å². The number of fused-ring (bicyclic) bond motifs is 7. The first-order chi connectivity index (χ1) is 14.5. The number of hydrogen-bond acceptors (Lipinski definition) is 2.